The summed E-state index contributed by atoms with van der Waals surface area (Å²) in [6, 6.07) is 2.97. The Morgan fingerprint density at radius 1 is 1.29 bits per heavy atom. The summed E-state index contributed by atoms with van der Waals surface area (Å²) in [4.78, 5) is 15.5. The van der Waals surface area contributed by atoms with Gasteiger partial charge in [0, 0.05) is 5.56 Å². The van der Waals surface area contributed by atoms with E-state index >= 15 is 0 Å². The third-order valence-electron chi connectivity index (χ3n) is 3.80. The Bertz CT molecular complexity index is 801. The standard InChI is InChI=1S/C14H17N3O3S/c1-7-5-10-8(2)14(3,4)21(19,20)11(10)6-9(7)12(18)17-13(15)16/h5-6H,2H2,1,3-4H3,(H4,15,16,17,18). The molecule has 112 valence electrons. The van der Waals surface area contributed by atoms with Crippen molar-refractivity contribution >= 4 is 27.3 Å². The van der Waals surface area contributed by atoms with Crippen molar-refractivity contribution in [2.24, 2.45) is 16.5 Å². The Balaban J connectivity index is 2.74. The van der Waals surface area contributed by atoms with Gasteiger partial charge in [-0.2, -0.15) is 4.99 Å². The van der Waals surface area contributed by atoms with Gasteiger partial charge in [-0.05, 0) is 49.6 Å². The first kappa shape index (κ1) is 15.2. The zero-order chi connectivity index (χ0) is 16.2. The second-order valence-electron chi connectivity index (χ2n) is 5.50. The molecule has 1 aromatic rings. The molecule has 1 amide bonds. The first-order valence-electron chi connectivity index (χ1n) is 6.23. The molecule has 0 saturated heterocycles. The molecule has 0 spiro atoms. The minimum Gasteiger partial charge on any atom is -0.370 e. The molecular weight excluding hydrogens is 290 g/mol. The number of sulfone groups is 1. The molecule has 21 heavy (non-hydrogen) atoms. The number of aliphatic imine (C=N–C) groups is 1. The molecule has 0 bridgehead atoms. The van der Waals surface area contributed by atoms with E-state index in [2.05, 4.69) is 11.6 Å². The number of nitrogens with zero attached hydrogens (tertiary/aromatic N) is 1. The molecule has 4 N–H and O–H groups in total. The predicted octanol–water partition coefficient (Wildman–Crippen LogP) is 0.988. The van der Waals surface area contributed by atoms with Crippen LogP contribution in [-0.2, 0) is 9.84 Å². The van der Waals surface area contributed by atoms with Crippen molar-refractivity contribution < 1.29 is 13.2 Å². The molecule has 0 saturated carbocycles. The molecule has 2 rings (SSSR count). The number of hydrogen-bond acceptors (Lipinski definition) is 3. The van der Waals surface area contributed by atoms with Crippen LogP contribution >= 0.6 is 0 Å². The lowest BCUT2D eigenvalue weighted by molar-refractivity contribution is 0.100. The van der Waals surface area contributed by atoms with Crippen LogP contribution in [0.2, 0.25) is 0 Å². The van der Waals surface area contributed by atoms with Crippen LogP contribution in [0.5, 0.6) is 0 Å². The maximum Gasteiger partial charge on any atom is 0.280 e. The van der Waals surface area contributed by atoms with Gasteiger partial charge in [0.2, 0.25) is 0 Å². The van der Waals surface area contributed by atoms with E-state index in [1.54, 1.807) is 26.8 Å². The highest BCUT2D eigenvalue weighted by Gasteiger charge is 2.47. The van der Waals surface area contributed by atoms with E-state index in [1.807, 2.05) is 0 Å². The molecule has 1 aliphatic rings. The van der Waals surface area contributed by atoms with E-state index in [9.17, 15) is 13.2 Å². The van der Waals surface area contributed by atoms with E-state index in [-0.39, 0.29) is 16.4 Å². The highest BCUT2D eigenvalue weighted by Crippen LogP contribution is 2.47. The fraction of sp³-hybridized carbons (Fsp3) is 0.286. The third-order valence-corrected chi connectivity index (χ3v) is 6.31. The molecule has 0 fully saturated rings. The SMILES string of the molecule is C=C1c2cc(C)c(C(=O)N=C(N)N)cc2S(=O)(=O)C1(C)C. The lowest BCUT2D eigenvalue weighted by Crippen LogP contribution is -2.26. The number of nitrogens with two attached hydrogens (primary N) is 2. The number of carbonyl (C=O) groups is 1. The number of aryl methyl sites for hydroxylation is 1. The molecule has 0 unspecified atom stereocenters. The van der Waals surface area contributed by atoms with Gasteiger partial charge >= 0.3 is 0 Å². The van der Waals surface area contributed by atoms with Crippen LogP contribution < -0.4 is 11.5 Å². The maximum atomic E-state index is 12.6. The van der Waals surface area contributed by atoms with E-state index in [1.165, 1.54) is 6.07 Å². The van der Waals surface area contributed by atoms with Gasteiger partial charge in [0.25, 0.3) is 5.91 Å². The zero-order valence-corrected chi connectivity index (χ0v) is 12.9. The lowest BCUT2D eigenvalue weighted by atomic mass is 9.94. The fourth-order valence-corrected chi connectivity index (χ4v) is 4.04. The van der Waals surface area contributed by atoms with Gasteiger partial charge in [0.1, 0.15) is 0 Å². The van der Waals surface area contributed by atoms with Crippen molar-refractivity contribution in [3.05, 3.63) is 35.4 Å². The van der Waals surface area contributed by atoms with Crippen molar-refractivity contribution in [2.45, 2.75) is 30.4 Å². The molecule has 1 aliphatic heterocycles. The highest BCUT2D eigenvalue weighted by molar-refractivity contribution is 7.93. The van der Waals surface area contributed by atoms with Gasteiger partial charge < -0.3 is 11.5 Å². The number of amides is 1. The second-order valence-corrected chi connectivity index (χ2v) is 7.96. The third kappa shape index (κ3) is 2.04. The zero-order valence-electron chi connectivity index (χ0n) is 12.1. The number of guanidine groups is 1. The molecule has 7 heteroatoms. The molecule has 6 nitrogen and oxygen atoms in total. The van der Waals surface area contributed by atoms with Gasteiger partial charge in [-0.25, -0.2) is 8.42 Å². The van der Waals surface area contributed by atoms with Crippen molar-refractivity contribution in [1.82, 2.24) is 0 Å². The van der Waals surface area contributed by atoms with Crippen molar-refractivity contribution in [1.29, 1.82) is 0 Å². The molecule has 0 atom stereocenters. The summed E-state index contributed by atoms with van der Waals surface area (Å²) in [7, 11) is -3.60. The Labute approximate surface area is 123 Å². The summed E-state index contributed by atoms with van der Waals surface area (Å²) in [5.74, 6) is -1.03. The number of hydrogen-bond donors (Lipinski definition) is 2. The monoisotopic (exact) mass is 307 g/mol. The molecule has 1 aromatic carbocycles. The van der Waals surface area contributed by atoms with Gasteiger partial charge in [0.05, 0.1) is 9.64 Å². The Morgan fingerprint density at radius 2 is 1.86 bits per heavy atom. The summed E-state index contributed by atoms with van der Waals surface area (Å²) in [6.07, 6.45) is 0. The Hall–Kier alpha value is -2.15. The highest BCUT2D eigenvalue weighted by atomic mass is 32.2. The quantitative estimate of drug-likeness (QED) is 0.593. The largest absolute Gasteiger partial charge is 0.370 e. The normalized spacial score (nSPS) is 18.1. The molecule has 0 aliphatic carbocycles. The number of rotatable bonds is 1. The average molecular weight is 307 g/mol. The van der Waals surface area contributed by atoms with Crippen LogP contribution in [0.4, 0.5) is 0 Å². The summed E-state index contributed by atoms with van der Waals surface area (Å²) >= 11 is 0. The Kier molecular flexibility index (Phi) is 3.21. The smallest absolute Gasteiger partial charge is 0.280 e. The second kappa shape index (κ2) is 4.42. The molecule has 0 radical (unpaired) electrons. The lowest BCUT2D eigenvalue weighted by Gasteiger charge is -2.17. The van der Waals surface area contributed by atoms with Gasteiger partial charge in [-0.3, -0.25) is 4.79 Å². The molecule has 0 aromatic heterocycles. The van der Waals surface area contributed by atoms with Crippen LogP contribution in [-0.4, -0.2) is 25.0 Å². The van der Waals surface area contributed by atoms with Crippen LogP contribution in [0, 0.1) is 6.92 Å². The maximum absolute atomic E-state index is 12.6. The van der Waals surface area contributed by atoms with Crippen molar-refractivity contribution in [2.75, 3.05) is 0 Å². The summed E-state index contributed by atoms with van der Waals surface area (Å²) in [5, 5.41) is 0. The van der Waals surface area contributed by atoms with Crippen LogP contribution in [0.1, 0.15) is 35.3 Å². The van der Waals surface area contributed by atoms with Crippen LogP contribution in [0.15, 0.2) is 28.6 Å². The minimum atomic E-state index is -3.60. The topological polar surface area (TPSA) is 116 Å². The Morgan fingerprint density at radius 3 is 2.38 bits per heavy atom. The number of benzene rings is 1. The van der Waals surface area contributed by atoms with E-state index < -0.39 is 20.5 Å². The fourth-order valence-electron chi connectivity index (χ4n) is 2.32. The van der Waals surface area contributed by atoms with Gasteiger partial charge in [0.15, 0.2) is 15.8 Å². The molecule has 1 heterocycles. The first-order valence-corrected chi connectivity index (χ1v) is 7.71. The van der Waals surface area contributed by atoms with E-state index in [0.717, 1.165) is 0 Å². The van der Waals surface area contributed by atoms with E-state index in [0.29, 0.717) is 16.7 Å². The van der Waals surface area contributed by atoms with Crippen LogP contribution in [0.25, 0.3) is 5.57 Å². The van der Waals surface area contributed by atoms with Crippen LogP contribution in [0.3, 0.4) is 0 Å². The first-order chi connectivity index (χ1) is 9.50. The summed E-state index contributed by atoms with van der Waals surface area (Å²) in [5.41, 5.74) is 12.2. The van der Waals surface area contributed by atoms with Crippen molar-refractivity contribution in [3.8, 4) is 0 Å². The minimum absolute atomic E-state index is 0.0947. The van der Waals surface area contributed by atoms with Crippen molar-refractivity contribution in [3.63, 3.8) is 0 Å². The molecular formula is C14H17N3O3S. The number of fused-ring (bicyclic) bond motifs is 1. The van der Waals surface area contributed by atoms with Gasteiger partial charge in [-0.15, -0.1) is 0 Å². The predicted molar refractivity (Wildman–Crippen MR) is 81.6 cm³/mol. The van der Waals surface area contributed by atoms with E-state index in [4.69, 9.17) is 11.5 Å². The number of carbonyl (C=O) groups excluding carboxylic acids is 1. The van der Waals surface area contributed by atoms with Gasteiger partial charge in [-0.1, -0.05) is 6.58 Å². The summed E-state index contributed by atoms with van der Waals surface area (Å²) < 4.78 is 24.0. The summed E-state index contributed by atoms with van der Waals surface area (Å²) in [6.45, 7) is 8.76. The average Bonchev–Trinajstić information content (AvgIpc) is 2.46.